The van der Waals surface area contributed by atoms with Crippen LogP contribution in [0.4, 0.5) is 0 Å². The maximum atomic E-state index is 12.2. The average molecular weight is 293 g/mol. The average Bonchev–Trinajstić information content (AvgIpc) is 3.10. The minimum atomic E-state index is -0.375. The Hall–Kier alpha value is -2.88. The maximum absolute atomic E-state index is 12.2. The van der Waals surface area contributed by atoms with Crippen LogP contribution in [0, 0.1) is 0 Å². The van der Waals surface area contributed by atoms with E-state index in [2.05, 4.69) is 4.98 Å². The molecule has 4 heteroatoms. The molecule has 2 aromatic heterocycles. The summed E-state index contributed by atoms with van der Waals surface area (Å²) in [7, 11) is 0. The summed E-state index contributed by atoms with van der Waals surface area (Å²) in [6, 6.07) is 15.2. The predicted octanol–water partition coefficient (Wildman–Crippen LogP) is 4.19. The van der Waals surface area contributed by atoms with Crippen LogP contribution < -0.4 is 0 Å². The summed E-state index contributed by atoms with van der Waals surface area (Å²) in [5, 5.41) is 0. The summed E-state index contributed by atoms with van der Waals surface area (Å²) in [6.07, 6.45) is 3.14. The second kappa shape index (κ2) is 6.26. The molecule has 0 aliphatic heterocycles. The van der Waals surface area contributed by atoms with E-state index in [4.69, 9.17) is 9.15 Å². The van der Waals surface area contributed by atoms with Gasteiger partial charge in [0.15, 0.2) is 5.76 Å². The molecule has 4 nitrogen and oxygen atoms in total. The van der Waals surface area contributed by atoms with Crippen molar-refractivity contribution in [3.8, 4) is 22.6 Å². The Kier molecular flexibility index (Phi) is 4.01. The lowest BCUT2D eigenvalue weighted by molar-refractivity contribution is 0.0527. The molecule has 0 aliphatic rings. The van der Waals surface area contributed by atoms with Crippen molar-refractivity contribution in [3.63, 3.8) is 0 Å². The second-order valence-electron chi connectivity index (χ2n) is 4.68. The first-order valence-corrected chi connectivity index (χ1v) is 7.06. The molecule has 0 unspecified atom stereocenters. The van der Waals surface area contributed by atoms with Crippen LogP contribution in [0.1, 0.15) is 17.3 Å². The summed E-state index contributed by atoms with van der Waals surface area (Å²) in [4.78, 5) is 16.5. The molecule has 0 saturated heterocycles. The van der Waals surface area contributed by atoms with Crippen LogP contribution in [-0.2, 0) is 4.74 Å². The lowest BCUT2D eigenvalue weighted by Gasteiger charge is -2.10. The van der Waals surface area contributed by atoms with E-state index in [1.807, 2.05) is 42.5 Å². The molecule has 0 bridgehead atoms. The predicted molar refractivity (Wildman–Crippen MR) is 83.3 cm³/mol. The number of aromatic nitrogens is 1. The number of hydrogen-bond acceptors (Lipinski definition) is 4. The summed E-state index contributed by atoms with van der Waals surface area (Å²) >= 11 is 0. The fraction of sp³-hybridized carbons (Fsp3) is 0.111. The van der Waals surface area contributed by atoms with Crippen molar-refractivity contribution < 1.29 is 13.9 Å². The SMILES string of the molecule is CCOC(=O)c1cnc(-c2ccco2)cc1-c1ccccc1. The van der Waals surface area contributed by atoms with Crippen LogP contribution in [0.25, 0.3) is 22.6 Å². The molecule has 0 fully saturated rings. The Labute approximate surface area is 128 Å². The number of hydrogen-bond donors (Lipinski definition) is 0. The minimum absolute atomic E-state index is 0.326. The van der Waals surface area contributed by atoms with Gasteiger partial charge in [-0.3, -0.25) is 4.98 Å². The van der Waals surface area contributed by atoms with Gasteiger partial charge in [0, 0.05) is 11.8 Å². The van der Waals surface area contributed by atoms with Crippen LogP contribution in [0.15, 0.2) is 65.4 Å². The van der Waals surface area contributed by atoms with Gasteiger partial charge in [-0.15, -0.1) is 0 Å². The van der Waals surface area contributed by atoms with Crippen molar-refractivity contribution >= 4 is 5.97 Å². The van der Waals surface area contributed by atoms with Gasteiger partial charge in [-0.05, 0) is 30.7 Å². The fourth-order valence-electron chi connectivity index (χ4n) is 2.24. The molecular formula is C18H15NO3. The first kappa shape index (κ1) is 14.1. The van der Waals surface area contributed by atoms with Crippen LogP contribution in [0.2, 0.25) is 0 Å². The topological polar surface area (TPSA) is 52.3 Å². The smallest absolute Gasteiger partial charge is 0.340 e. The number of benzene rings is 1. The third kappa shape index (κ3) is 2.76. The van der Waals surface area contributed by atoms with E-state index in [9.17, 15) is 4.79 Å². The molecule has 0 aliphatic carbocycles. The quantitative estimate of drug-likeness (QED) is 0.677. The number of rotatable bonds is 4. The van der Waals surface area contributed by atoms with Gasteiger partial charge in [0.1, 0.15) is 5.69 Å². The normalized spacial score (nSPS) is 10.4. The highest BCUT2D eigenvalue weighted by Gasteiger charge is 2.16. The molecule has 1 aromatic carbocycles. The fourth-order valence-corrected chi connectivity index (χ4v) is 2.24. The maximum Gasteiger partial charge on any atom is 0.340 e. The Balaban J connectivity index is 2.13. The number of esters is 1. The molecule has 110 valence electrons. The van der Waals surface area contributed by atoms with Crippen LogP contribution in [0.3, 0.4) is 0 Å². The number of carbonyl (C=O) groups excluding carboxylic acids is 1. The van der Waals surface area contributed by atoms with Crippen LogP contribution in [0.5, 0.6) is 0 Å². The molecule has 0 N–H and O–H groups in total. The van der Waals surface area contributed by atoms with Crippen molar-refractivity contribution in [1.29, 1.82) is 0 Å². The number of ether oxygens (including phenoxy) is 1. The zero-order chi connectivity index (χ0) is 15.4. The standard InChI is InChI=1S/C18H15NO3/c1-2-21-18(20)15-12-19-16(17-9-6-10-22-17)11-14(15)13-7-4-3-5-8-13/h3-12H,2H2,1H3. The van der Waals surface area contributed by atoms with E-state index >= 15 is 0 Å². The third-order valence-electron chi connectivity index (χ3n) is 3.26. The number of furan rings is 1. The third-order valence-corrected chi connectivity index (χ3v) is 3.26. The van der Waals surface area contributed by atoms with E-state index in [1.54, 1.807) is 19.3 Å². The highest BCUT2D eigenvalue weighted by Crippen LogP contribution is 2.28. The van der Waals surface area contributed by atoms with Gasteiger partial charge < -0.3 is 9.15 Å². The van der Waals surface area contributed by atoms with Gasteiger partial charge in [-0.1, -0.05) is 30.3 Å². The largest absolute Gasteiger partial charge is 0.463 e. The van der Waals surface area contributed by atoms with Gasteiger partial charge in [0.2, 0.25) is 0 Å². The van der Waals surface area contributed by atoms with Crippen LogP contribution in [-0.4, -0.2) is 17.6 Å². The summed E-state index contributed by atoms with van der Waals surface area (Å²) in [5.74, 6) is 0.285. The Morgan fingerprint density at radius 2 is 2.00 bits per heavy atom. The lowest BCUT2D eigenvalue weighted by atomic mass is 10.00. The number of carbonyl (C=O) groups is 1. The molecule has 0 spiro atoms. The number of nitrogens with zero attached hydrogens (tertiary/aromatic N) is 1. The van der Waals surface area contributed by atoms with Crippen molar-refractivity contribution in [1.82, 2.24) is 4.98 Å². The molecule has 0 atom stereocenters. The van der Waals surface area contributed by atoms with Gasteiger partial charge in [-0.25, -0.2) is 4.79 Å². The molecule has 22 heavy (non-hydrogen) atoms. The first-order valence-electron chi connectivity index (χ1n) is 7.06. The van der Waals surface area contributed by atoms with Crippen LogP contribution >= 0.6 is 0 Å². The van der Waals surface area contributed by atoms with Crippen molar-refractivity contribution in [2.45, 2.75) is 6.92 Å². The molecule has 0 amide bonds. The van der Waals surface area contributed by atoms with Gasteiger partial charge in [-0.2, -0.15) is 0 Å². The minimum Gasteiger partial charge on any atom is -0.463 e. The van der Waals surface area contributed by atoms with E-state index in [-0.39, 0.29) is 5.97 Å². The van der Waals surface area contributed by atoms with Gasteiger partial charge in [0.25, 0.3) is 0 Å². The molecule has 2 heterocycles. The van der Waals surface area contributed by atoms with Gasteiger partial charge in [0.05, 0.1) is 18.4 Å². The second-order valence-corrected chi connectivity index (χ2v) is 4.68. The summed E-state index contributed by atoms with van der Waals surface area (Å²) in [6.45, 7) is 2.11. The molecule has 0 saturated carbocycles. The van der Waals surface area contributed by atoms with E-state index in [0.717, 1.165) is 11.1 Å². The molecule has 0 radical (unpaired) electrons. The monoisotopic (exact) mass is 293 g/mol. The zero-order valence-corrected chi connectivity index (χ0v) is 12.2. The van der Waals surface area contributed by atoms with E-state index in [0.29, 0.717) is 23.6 Å². The highest BCUT2D eigenvalue weighted by molar-refractivity contribution is 5.97. The zero-order valence-electron chi connectivity index (χ0n) is 12.2. The van der Waals surface area contributed by atoms with Gasteiger partial charge >= 0.3 is 5.97 Å². The highest BCUT2D eigenvalue weighted by atomic mass is 16.5. The Bertz CT molecular complexity index is 764. The molecule has 3 aromatic rings. The number of pyridine rings is 1. The Morgan fingerprint density at radius 1 is 1.18 bits per heavy atom. The van der Waals surface area contributed by atoms with Crippen molar-refractivity contribution in [2.75, 3.05) is 6.61 Å². The van der Waals surface area contributed by atoms with Crippen molar-refractivity contribution in [2.24, 2.45) is 0 Å². The lowest BCUT2D eigenvalue weighted by Crippen LogP contribution is -2.07. The summed E-state index contributed by atoms with van der Waals surface area (Å²) in [5.41, 5.74) is 2.83. The summed E-state index contributed by atoms with van der Waals surface area (Å²) < 4.78 is 10.5. The van der Waals surface area contributed by atoms with E-state index in [1.165, 1.54) is 6.20 Å². The van der Waals surface area contributed by atoms with E-state index < -0.39 is 0 Å². The molecular weight excluding hydrogens is 278 g/mol. The van der Waals surface area contributed by atoms with Crippen molar-refractivity contribution in [3.05, 3.63) is 66.6 Å². The first-order chi connectivity index (χ1) is 10.8. The molecule has 3 rings (SSSR count). The Morgan fingerprint density at radius 3 is 2.68 bits per heavy atom.